The van der Waals surface area contributed by atoms with Crippen LogP contribution in [0.1, 0.15) is 5.69 Å². The molecule has 1 aromatic heterocycles. The van der Waals surface area contributed by atoms with Gasteiger partial charge in [0.2, 0.25) is 10.0 Å². The molecular formula is C18H20BrN5O3S. The van der Waals surface area contributed by atoms with Crippen molar-refractivity contribution in [2.24, 2.45) is 5.10 Å². The van der Waals surface area contributed by atoms with E-state index in [2.05, 4.69) is 31.4 Å². The van der Waals surface area contributed by atoms with Gasteiger partial charge in [0.15, 0.2) is 0 Å². The molecule has 3 rings (SSSR count). The third-order valence-corrected chi connectivity index (χ3v) is 6.67. The lowest BCUT2D eigenvalue weighted by molar-refractivity contribution is -0.122. The van der Waals surface area contributed by atoms with Gasteiger partial charge in [-0.15, -0.1) is 0 Å². The summed E-state index contributed by atoms with van der Waals surface area (Å²) in [6, 6.07) is 12.0. The number of hydrogen-bond donors (Lipinski definition) is 1. The molecule has 0 unspecified atom stereocenters. The van der Waals surface area contributed by atoms with Gasteiger partial charge in [0.25, 0.3) is 5.91 Å². The highest BCUT2D eigenvalue weighted by molar-refractivity contribution is 9.10. The van der Waals surface area contributed by atoms with Crippen molar-refractivity contribution < 1.29 is 13.2 Å². The Morgan fingerprint density at radius 3 is 2.50 bits per heavy atom. The van der Waals surface area contributed by atoms with Crippen molar-refractivity contribution in [2.75, 3.05) is 32.7 Å². The minimum atomic E-state index is -3.52. The summed E-state index contributed by atoms with van der Waals surface area (Å²) < 4.78 is 27.7. The van der Waals surface area contributed by atoms with Crippen LogP contribution in [0.25, 0.3) is 0 Å². The maximum atomic E-state index is 12.7. The average molecular weight is 466 g/mol. The summed E-state index contributed by atoms with van der Waals surface area (Å²) in [6.07, 6.45) is 3.12. The lowest BCUT2D eigenvalue weighted by Gasteiger charge is -2.33. The standard InChI is InChI=1S/C18H20BrN5O3S/c19-15-4-6-17(7-5-15)28(26,27)24-11-9-23(10-12-24)14-18(25)22-21-13-16-3-1-2-8-20-16/h1-8,13H,9-12,14H2,(H,22,25). The molecule has 1 saturated heterocycles. The van der Waals surface area contributed by atoms with Crippen molar-refractivity contribution in [3.63, 3.8) is 0 Å². The molecule has 148 valence electrons. The van der Waals surface area contributed by atoms with Crippen LogP contribution >= 0.6 is 15.9 Å². The van der Waals surface area contributed by atoms with Crippen molar-refractivity contribution in [3.8, 4) is 0 Å². The van der Waals surface area contributed by atoms with E-state index in [9.17, 15) is 13.2 Å². The topological polar surface area (TPSA) is 95.0 Å². The van der Waals surface area contributed by atoms with Crippen LogP contribution in [0.15, 0.2) is 63.1 Å². The van der Waals surface area contributed by atoms with Crippen molar-refractivity contribution >= 4 is 38.1 Å². The third-order valence-electron chi connectivity index (χ3n) is 4.22. The Hall–Kier alpha value is -2.14. The minimum Gasteiger partial charge on any atom is -0.292 e. The van der Waals surface area contributed by atoms with Gasteiger partial charge in [-0.1, -0.05) is 22.0 Å². The molecule has 28 heavy (non-hydrogen) atoms. The van der Waals surface area contributed by atoms with Gasteiger partial charge in [0, 0.05) is 36.8 Å². The first-order chi connectivity index (χ1) is 13.4. The molecule has 0 aliphatic carbocycles. The summed E-state index contributed by atoms with van der Waals surface area (Å²) in [6.45, 7) is 1.79. The van der Waals surface area contributed by atoms with Crippen LogP contribution in [0.4, 0.5) is 0 Å². The van der Waals surface area contributed by atoms with Crippen LogP contribution in [-0.4, -0.2) is 67.5 Å². The number of carbonyl (C=O) groups excluding carboxylic acids is 1. The van der Waals surface area contributed by atoms with Gasteiger partial charge in [-0.2, -0.15) is 9.41 Å². The van der Waals surface area contributed by atoms with Crippen LogP contribution in [-0.2, 0) is 14.8 Å². The van der Waals surface area contributed by atoms with Crippen LogP contribution in [0.2, 0.25) is 0 Å². The Bertz CT molecular complexity index is 927. The predicted molar refractivity (Wildman–Crippen MR) is 109 cm³/mol. The number of hydrazone groups is 1. The van der Waals surface area contributed by atoms with Gasteiger partial charge in [0.1, 0.15) is 0 Å². The van der Waals surface area contributed by atoms with Gasteiger partial charge in [-0.25, -0.2) is 13.8 Å². The Balaban J connectivity index is 1.48. The van der Waals surface area contributed by atoms with E-state index < -0.39 is 10.0 Å². The fraction of sp³-hybridized carbons (Fsp3) is 0.278. The second-order valence-corrected chi connectivity index (χ2v) is 9.04. The zero-order valence-corrected chi connectivity index (χ0v) is 17.4. The second-order valence-electron chi connectivity index (χ2n) is 6.18. The zero-order valence-electron chi connectivity index (χ0n) is 15.0. The monoisotopic (exact) mass is 465 g/mol. The largest absolute Gasteiger partial charge is 0.292 e. The molecule has 2 heterocycles. The third kappa shape index (κ3) is 5.44. The van der Waals surface area contributed by atoms with E-state index in [1.807, 2.05) is 11.0 Å². The van der Waals surface area contributed by atoms with Gasteiger partial charge in [-0.05, 0) is 36.4 Å². The van der Waals surface area contributed by atoms with Gasteiger partial charge in [0.05, 0.1) is 23.3 Å². The van der Waals surface area contributed by atoms with Crippen molar-refractivity contribution in [1.82, 2.24) is 19.6 Å². The molecule has 0 saturated carbocycles. The lowest BCUT2D eigenvalue weighted by atomic mass is 10.3. The van der Waals surface area contributed by atoms with Gasteiger partial charge < -0.3 is 0 Å². The SMILES string of the molecule is O=C(CN1CCN(S(=O)(=O)c2ccc(Br)cc2)CC1)NN=Cc1ccccn1. The molecule has 1 aromatic carbocycles. The summed E-state index contributed by atoms with van der Waals surface area (Å²) in [7, 11) is -3.52. The molecule has 1 aliphatic heterocycles. The number of sulfonamides is 1. The first kappa shape index (κ1) is 20.6. The Labute approximate surface area is 172 Å². The summed E-state index contributed by atoms with van der Waals surface area (Å²) in [4.78, 5) is 18.3. The molecule has 0 atom stereocenters. The molecule has 1 aliphatic rings. The lowest BCUT2D eigenvalue weighted by Crippen LogP contribution is -2.50. The van der Waals surface area contributed by atoms with Crippen LogP contribution in [0.5, 0.6) is 0 Å². The smallest absolute Gasteiger partial charge is 0.254 e. The van der Waals surface area contributed by atoms with Crippen molar-refractivity contribution in [3.05, 3.63) is 58.8 Å². The molecule has 0 spiro atoms. The number of hydrogen-bond acceptors (Lipinski definition) is 6. The highest BCUT2D eigenvalue weighted by atomic mass is 79.9. The Morgan fingerprint density at radius 2 is 1.86 bits per heavy atom. The number of benzene rings is 1. The van der Waals surface area contributed by atoms with Gasteiger partial charge >= 0.3 is 0 Å². The van der Waals surface area contributed by atoms with Crippen molar-refractivity contribution in [2.45, 2.75) is 4.90 Å². The average Bonchev–Trinajstić information content (AvgIpc) is 2.69. The van der Waals surface area contributed by atoms with Crippen LogP contribution in [0, 0.1) is 0 Å². The number of halogens is 1. The van der Waals surface area contributed by atoms with E-state index in [-0.39, 0.29) is 17.3 Å². The zero-order chi connectivity index (χ0) is 20.0. The van der Waals surface area contributed by atoms with Crippen LogP contribution < -0.4 is 5.43 Å². The first-order valence-electron chi connectivity index (χ1n) is 8.66. The van der Waals surface area contributed by atoms with E-state index in [1.165, 1.54) is 10.5 Å². The predicted octanol–water partition coefficient (Wildman–Crippen LogP) is 1.30. The first-order valence-corrected chi connectivity index (χ1v) is 10.9. The summed E-state index contributed by atoms with van der Waals surface area (Å²) in [5.74, 6) is -0.253. The van der Waals surface area contributed by atoms with Gasteiger partial charge in [-0.3, -0.25) is 14.7 Å². The summed E-state index contributed by atoms with van der Waals surface area (Å²) in [5, 5.41) is 3.88. The molecule has 10 heteroatoms. The minimum absolute atomic E-state index is 0.158. The molecule has 8 nitrogen and oxygen atoms in total. The number of nitrogens with zero attached hydrogens (tertiary/aromatic N) is 4. The molecule has 1 fully saturated rings. The van der Waals surface area contributed by atoms with E-state index in [0.717, 1.165) is 4.47 Å². The summed E-state index contributed by atoms with van der Waals surface area (Å²) >= 11 is 3.30. The number of rotatable bonds is 6. The highest BCUT2D eigenvalue weighted by Gasteiger charge is 2.28. The summed E-state index contributed by atoms with van der Waals surface area (Å²) in [5.41, 5.74) is 3.11. The number of nitrogens with one attached hydrogen (secondary N) is 1. The molecule has 1 amide bonds. The van der Waals surface area contributed by atoms with E-state index in [0.29, 0.717) is 31.9 Å². The second kappa shape index (κ2) is 9.37. The normalized spacial score (nSPS) is 16.3. The molecule has 1 N–H and O–H groups in total. The number of pyridine rings is 1. The maximum Gasteiger partial charge on any atom is 0.254 e. The molecule has 0 bridgehead atoms. The van der Waals surface area contributed by atoms with E-state index >= 15 is 0 Å². The van der Waals surface area contributed by atoms with E-state index in [1.54, 1.807) is 42.6 Å². The van der Waals surface area contributed by atoms with Crippen LogP contribution in [0.3, 0.4) is 0 Å². The number of carbonyl (C=O) groups is 1. The fourth-order valence-electron chi connectivity index (χ4n) is 2.74. The quantitative estimate of drug-likeness (QED) is 0.512. The Morgan fingerprint density at radius 1 is 1.14 bits per heavy atom. The van der Waals surface area contributed by atoms with Crippen molar-refractivity contribution in [1.29, 1.82) is 0 Å². The molecule has 0 radical (unpaired) electrons. The van der Waals surface area contributed by atoms with E-state index in [4.69, 9.17) is 0 Å². The molecule has 2 aromatic rings. The highest BCUT2D eigenvalue weighted by Crippen LogP contribution is 2.20. The number of piperazine rings is 1. The number of aromatic nitrogens is 1. The fourth-order valence-corrected chi connectivity index (χ4v) is 4.43. The molecular weight excluding hydrogens is 446 g/mol. The maximum absolute atomic E-state index is 12.7. The number of amides is 1. The Kier molecular flexibility index (Phi) is 6.89.